The molecule has 0 atom stereocenters. The van der Waals surface area contributed by atoms with Crippen molar-refractivity contribution in [1.82, 2.24) is 9.88 Å². The first-order chi connectivity index (χ1) is 14.6. The second-order valence-corrected chi connectivity index (χ2v) is 9.67. The van der Waals surface area contributed by atoms with E-state index in [1.54, 1.807) is 17.0 Å². The van der Waals surface area contributed by atoms with E-state index in [0.29, 0.717) is 37.5 Å². The summed E-state index contributed by atoms with van der Waals surface area (Å²) in [5.74, 6) is 0.229. The number of carbonyl (C=O) groups is 1. The first-order valence-corrected chi connectivity index (χ1v) is 11.9. The van der Waals surface area contributed by atoms with Crippen LogP contribution in [0.3, 0.4) is 0 Å². The Hall–Kier alpha value is -2.88. The fourth-order valence-electron chi connectivity index (χ4n) is 3.14. The lowest BCUT2D eigenvalue weighted by molar-refractivity contribution is 0.0517. The summed E-state index contributed by atoms with van der Waals surface area (Å²) in [6, 6.07) is 7.00. The molecule has 1 fully saturated rings. The molecular formula is C21H26FN3O5S. The third kappa shape index (κ3) is 6.30. The molecule has 1 aliphatic heterocycles. The van der Waals surface area contributed by atoms with Gasteiger partial charge in [-0.3, -0.25) is 0 Å². The van der Waals surface area contributed by atoms with Crippen LogP contribution in [0.15, 0.2) is 41.4 Å². The van der Waals surface area contributed by atoms with Gasteiger partial charge in [0.25, 0.3) is 0 Å². The Morgan fingerprint density at radius 1 is 1.23 bits per heavy atom. The molecular weight excluding hydrogens is 425 g/mol. The molecule has 2 heterocycles. The number of anilines is 2. The maximum absolute atomic E-state index is 14.3. The zero-order chi connectivity index (χ0) is 22.6. The van der Waals surface area contributed by atoms with E-state index >= 15 is 0 Å². The van der Waals surface area contributed by atoms with E-state index in [1.165, 1.54) is 18.3 Å². The van der Waals surface area contributed by atoms with Gasteiger partial charge in [0.2, 0.25) is 0 Å². The van der Waals surface area contributed by atoms with Crippen LogP contribution >= 0.6 is 0 Å². The van der Waals surface area contributed by atoms with Crippen LogP contribution in [0.4, 0.5) is 20.7 Å². The number of hydrogen-bond acceptors (Lipinski definition) is 7. The number of piperidine rings is 1. The molecule has 0 unspecified atom stereocenters. The average molecular weight is 452 g/mol. The molecule has 1 N–H and O–H groups in total. The van der Waals surface area contributed by atoms with Crippen molar-refractivity contribution in [2.45, 2.75) is 43.8 Å². The van der Waals surface area contributed by atoms with Crippen molar-refractivity contribution in [1.29, 1.82) is 0 Å². The number of benzene rings is 1. The summed E-state index contributed by atoms with van der Waals surface area (Å²) in [6.07, 6.45) is 3.36. The quantitative estimate of drug-likeness (QED) is 0.714. The van der Waals surface area contributed by atoms with E-state index in [9.17, 15) is 17.6 Å². The van der Waals surface area contributed by atoms with Crippen molar-refractivity contribution in [3.05, 3.63) is 42.3 Å². The topological polar surface area (TPSA) is 97.8 Å². The second kappa shape index (κ2) is 9.51. The molecule has 1 amide bonds. The predicted molar refractivity (Wildman–Crippen MR) is 114 cm³/mol. The zero-order valence-electron chi connectivity index (χ0n) is 17.7. The van der Waals surface area contributed by atoms with Gasteiger partial charge in [-0.15, -0.1) is 0 Å². The van der Waals surface area contributed by atoms with E-state index in [0.717, 1.165) is 12.3 Å². The number of ether oxygens (including phenoxy) is 2. The third-order valence-corrected chi connectivity index (χ3v) is 5.81. The monoisotopic (exact) mass is 451 g/mol. The largest absolute Gasteiger partial charge is 0.490 e. The van der Waals surface area contributed by atoms with Gasteiger partial charge in [0, 0.05) is 44.5 Å². The van der Waals surface area contributed by atoms with Crippen molar-refractivity contribution in [3.8, 4) is 5.75 Å². The molecule has 1 aliphatic rings. The molecule has 1 saturated heterocycles. The Bertz CT molecular complexity index is 1040. The van der Waals surface area contributed by atoms with Crippen LogP contribution in [0, 0.1) is 5.82 Å². The number of rotatable bonds is 6. The molecule has 0 saturated carbocycles. The van der Waals surface area contributed by atoms with Gasteiger partial charge in [0.1, 0.15) is 23.5 Å². The summed E-state index contributed by atoms with van der Waals surface area (Å²) in [6.45, 7) is 4.72. The van der Waals surface area contributed by atoms with Gasteiger partial charge in [-0.1, -0.05) is 0 Å². The average Bonchev–Trinajstić information content (AvgIpc) is 2.69. The number of sulfone groups is 1. The van der Waals surface area contributed by atoms with Crippen LogP contribution in [0.5, 0.6) is 5.75 Å². The Morgan fingerprint density at radius 3 is 2.55 bits per heavy atom. The molecule has 0 aliphatic carbocycles. The van der Waals surface area contributed by atoms with Crippen molar-refractivity contribution in [3.63, 3.8) is 0 Å². The molecule has 2 aromatic rings. The molecule has 8 nitrogen and oxygen atoms in total. The number of pyridine rings is 1. The fraction of sp³-hybridized carbons (Fsp3) is 0.429. The fourth-order valence-corrected chi connectivity index (χ4v) is 3.78. The number of aromatic nitrogens is 1. The van der Waals surface area contributed by atoms with E-state index < -0.39 is 15.7 Å². The Kier molecular flexibility index (Phi) is 6.99. The number of hydrogen-bond donors (Lipinski definition) is 1. The van der Waals surface area contributed by atoms with E-state index in [-0.39, 0.29) is 28.9 Å². The summed E-state index contributed by atoms with van der Waals surface area (Å²) >= 11 is 0. The molecule has 0 bridgehead atoms. The molecule has 168 valence electrons. The summed E-state index contributed by atoms with van der Waals surface area (Å²) in [4.78, 5) is 17.7. The lowest BCUT2D eigenvalue weighted by Crippen LogP contribution is -2.42. The smallest absolute Gasteiger partial charge is 0.410 e. The van der Waals surface area contributed by atoms with Gasteiger partial charge < -0.3 is 19.7 Å². The molecule has 1 aromatic carbocycles. The SMILES string of the molecule is CC(C)OC(=O)N1CCC(Oc2ccnc(Nc3ccc(S(C)(=O)=O)cc3F)c2)CC1. The van der Waals surface area contributed by atoms with Crippen molar-refractivity contribution in [2.24, 2.45) is 0 Å². The minimum atomic E-state index is -3.49. The number of halogens is 1. The van der Waals surface area contributed by atoms with Crippen molar-refractivity contribution < 1.29 is 27.1 Å². The standard InChI is InChI=1S/C21H26FN3O5S/c1-14(2)29-21(26)25-10-7-15(8-11-25)30-16-6-9-23-20(12-16)24-19-5-4-17(13-18(19)22)31(3,27)28/h4-6,9,12-15H,7-8,10-11H2,1-3H3,(H,23,24). The first-order valence-electron chi connectivity index (χ1n) is 9.96. The molecule has 10 heteroatoms. The third-order valence-electron chi connectivity index (χ3n) is 4.70. The van der Waals surface area contributed by atoms with E-state index in [4.69, 9.17) is 9.47 Å². The molecule has 3 rings (SSSR count). The highest BCUT2D eigenvalue weighted by atomic mass is 32.2. The van der Waals surface area contributed by atoms with Crippen molar-refractivity contribution >= 4 is 27.4 Å². The van der Waals surface area contributed by atoms with Gasteiger partial charge in [0.05, 0.1) is 16.7 Å². The summed E-state index contributed by atoms with van der Waals surface area (Å²) in [7, 11) is -3.49. The highest BCUT2D eigenvalue weighted by molar-refractivity contribution is 7.90. The number of amides is 1. The number of likely N-dealkylation sites (tertiary alicyclic amines) is 1. The Balaban J connectivity index is 1.60. The lowest BCUT2D eigenvalue weighted by atomic mass is 10.1. The summed E-state index contributed by atoms with van der Waals surface area (Å²) in [5, 5.41) is 2.84. The van der Waals surface area contributed by atoms with E-state index in [1.807, 2.05) is 13.8 Å². The van der Waals surface area contributed by atoms with Crippen LogP contribution in [-0.2, 0) is 14.6 Å². The van der Waals surface area contributed by atoms with E-state index in [2.05, 4.69) is 10.3 Å². The lowest BCUT2D eigenvalue weighted by Gasteiger charge is -2.32. The highest BCUT2D eigenvalue weighted by Crippen LogP contribution is 2.25. The molecule has 31 heavy (non-hydrogen) atoms. The van der Waals surface area contributed by atoms with Gasteiger partial charge >= 0.3 is 6.09 Å². The number of nitrogens with one attached hydrogen (secondary N) is 1. The second-order valence-electron chi connectivity index (χ2n) is 7.65. The summed E-state index contributed by atoms with van der Waals surface area (Å²) in [5.41, 5.74) is 0.106. The maximum atomic E-state index is 14.3. The van der Waals surface area contributed by atoms with Gasteiger partial charge in [-0.25, -0.2) is 22.6 Å². The minimum absolute atomic E-state index is 0.0656. The molecule has 1 aromatic heterocycles. The number of nitrogens with zero attached hydrogens (tertiary/aromatic N) is 2. The van der Waals surface area contributed by atoms with Gasteiger partial charge in [-0.2, -0.15) is 0 Å². The minimum Gasteiger partial charge on any atom is -0.490 e. The highest BCUT2D eigenvalue weighted by Gasteiger charge is 2.25. The summed E-state index contributed by atoms with van der Waals surface area (Å²) < 4.78 is 48.6. The van der Waals surface area contributed by atoms with Gasteiger partial charge in [0.15, 0.2) is 9.84 Å². The first kappa shape index (κ1) is 22.8. The molecule has 0 spiro atoms. The van der Waals surface area contributed by atoms with Crippen LogP contribution in [0.1, 0.15) is 26.7 Å². The van der Waals surface area contributed by atoms with Crippen molar-refractivity contribution in [2.75, 3.05) is 24.7 Å². The van der Waals surface area contributed by atoms with Crippen LogP contribution in [-0.4, -0.2) is 55.9 Å². The van der Waals surface area contributed by atoms with Crippen LogP contribution < -0.4 is 10.1 Å². The van der Waals surface area contributed by atoms with Crippen LogP contribution in [0.2, 0.25) is 0 Å². The zero-order valence-corrected chi connectivity index (χ0v) is 18.5. The number of carbonyl (C=O) groups excluding carboxylic acids is 1. The maximum Gasteiger partial charge on any atom is 0.410 e. The Morgan fingerprint density at radius 2 is 1.94 bits per heavy atom. The normalized spacial score (nSPS) is 15.1. The van der Waals surface area contributed by atoms with Gasteiger partial charge in [-0.05, 0) is 38.1 Å². The molecule has 0 radical (unpaired) electrons. The van der Waals surface area contributed by atoms with Crippen LogP contribution in [0.25, 0.3) is 0 Å². The predicted octanol–water partition coefficient (Wildman–Crippen LogP) is 3.76. The Labute approximate surface area is 181 Å².